The van der Waals surface area contributed by atoms with Crippen LogP contribution in [0.3, 0.4) is 0 Å². The molecule has 0 saturated heterocycles. The van der Waals surface area contributed by atoms with Crippen LogP contribution < -0.4 is 0 Å². The molecule has 0 atom stereocenters. The van der Waals surface area contributed by atoms with Crippen molar-refractivity contribution in [2.75, 3.05) is 0 Å². The maximum atomic E-state index is 5.94. The molecule has 10 nitrogen and oxygen atoms in total. The van der Waals surface area contributed by atoms with Crippen molar-refractivity contribution >= 4 is 0 Å². The minimum absolute atomic E-state index is 0.269. The van der Waals surface area contributed by atoms with Gasteiger partial charge in [0.05, 0.1) is 30.2 Å². The van der Waals surface area contributed by atoms with Crippen molar-refractivity contribution < 1.29 is 9.26 Å². The Morgan fingerprint density at radius 2 is 2.06 bits per heavy atom. The Kier molecular flexibility index (Phi) is 4.75. The molecular formula is C26H20N8O2. The van der Waals surface area contributed by atoms with Gasteiger partial charge in [0.1, 0.15) is 18.6 Å². The van der Waals surface area contributed by atoms with Crippen LogP contribution in [0.25, 0.3) is 28.6 Å². The van der Waals surface area contributed by atoms with E-state index in [9.17, 15) is 0 Å². The van der Waals surface area contributed by atoms with Crippen LogP contribution in [0, 0.1) is 12.3 Å². The third kappa shape index (κ3) is 3.49. The van der Waals surface area contributed by atoms with Gasteiger partial charge in [-0.25, -0.2) is 4.98 Å². The molecule has 1 saturated carbocycles. The number of aromatic nitrogens is 8. The molecule has 1 aromatic carbocycles. The molecule has 0 radical (unpaired) electrons. The van der Waals surface area contributed by atoms with E-state index in [4.69, 9.17) is 15.7 Å². The van der Waals surface area contributed by atoms with E-state index in [1.807, 2.05) is 45.5 Å². The highest BCUT2D eigenvalue weighted by Gasteiger charge is 2.32. The van der Waals surface area contributed by atoms with Gasteiger partial charge in [-0.1, -0.05) is 17.1 Å². The first kappa shape index (κ1) is 20.7. The zero-order valence-corrected chi connectivity index (χ0v) is 19.2. The number of hydrogen-bond acceptors (Lipinski definition) is 8. The molecule has 7 rings (SSSR count). The molecule has 0 spiro atoms. The van der Waals surface area contributed by atoms with Gasteiger partial charge >= 0.3 is 0 Å². The zero-order chi connectivity index (χ0) is 24.1. The molecule has 0 unspecified atom stereocenters. The smallest absolute Gasteiger partial charge is 0.230 e. The average Bonchev–Trinajstić information content (AvgIpc) is 3.35. The molecule has 176 valence electrons. The molecule has 0 N–H and O–H groups in total. The first-order valence-corrected chi connectivity index (χ1v) is 11.7. The summed E-state index contributed by atoms with van der Waals surface area (Å²) >= 11 is 0. The molecule has 10 heteroatoms. The summed E-state index contributed by atoms with van der Waals surface area (Å²) in [5.41, 5.74) is 4.94. The maximum absolute atomic E-state index is 5.94. The highest BCUT2D eigenvalue weighted by Crippen LogP contribution is 2.40. The van der Waals surface area contributed by atoms with Crippen molar-refractivity contribution in [2.45, 2.75) is 38.5 Å². The monoisotopic (exact) mass is 476 g/mol. The first-order chi connectivity index (χ1) is 17.8. The largest absolute Gasteiger partial charge is 0.367 e. The second kappa shape index (κ2) is 8.25. The summed E-state index contributed by atoms with van der Waals surface area (Å²) < 4.78 is 15.5. The van der Waals surface area contributed by atoms with Crippen molar-refractivity contribution in [1.29, 1.82) is 0 Å². The second-order valence-electron chi connectivity index (χ2n) is 8.86. The summed E-state index contributed by atoms with van der Waals surface area (Å²) in [5.74, 6) is 5.63. The van der Waals surface area contributed by atoms with Crippen molar-refractivity contribution in [3.63, 3.8) is 0 Å². The summed E-state index contributed by atoms with van der Waals surface area (Å²) in [6.45, 7) is 1.09. The fourth-order valence-corrected chi connectivity index (χ4v) is 4.45. The fourth-order valence-electron chi connectivity index (χ4n) is 4.45. The lowest BCUT2D eigenvalue weighted by atomic mass is 10.1. The Morgan fingerprint density at radius 1 is 1.11 bits per heavy atom. The number of terminal acetylenes is 1. The molecule has 0 amide bonds. The number of ether oxygens (including phenoxy) is 1. The third-order valence-electron chi connectivity index (χ3n) is 6.45. The number of rotatable bonds is 6. The highest BCUT2D eigenvalue weighted by molar-refractivity contribution is 5.72. The molecule has 36 heavy (non-hydrogen) atoms. The van der Waals surface area contributed by atoms with Crippen LogP contribution in [0.1, 0.15) is 47.4 Å². The van der Waals surface area contributed by atoms with E-state index in [-0.39, 0.29) is 6.61 Å². The van der Waals surface area contributed by atoms with Gasteiger partial charge in [-0.2, -0.15) is 4.98 Å². The van der Waals surface area contributed by atoms with Gasteiger partial charge in [0.2, 0.25) is 11.7 Å². The molecule has 5 heterocycles. The number of nitrogens with zero attached hydrogens (tertiary/aromatic N) is 8. The molecule has 0 bridgehead atoms. The molecule has 1 aliphatic heterocycles. The van der Waals surface area contributed by atoms with E-state index < -0.39 is 0 Å². The van der Waals surface area contributed by atoms with Crippen molar-refractivity contribution in [3.8, 4) is 40.9 Å². The van der Waals surface area contributed by atoms with Crippen LogP contribution in [0.2, 0.25) is 0 Å². The maximum Gasteiger partial charge on any atom is 0.230 e. The fraction of sp³-hybridized carbons (Fsp3) is 0.231. The quantitative estimate of drug-likeness (QED) is 0.336. The van der Waals surface area contributed by atoms with Crippen LogP contribution in [-0.4, -0.2) is 39.4 Å². The number of pyridine rings is 1. The molecule has 1 aliphatic carbocycles. The molecular weight excluding hydrogens is 456 g/mol. The van der Waals surface area contributed by atoms with Crippen LogP contribution in [0.4, 0.5) is 0 Å². The standard InChI is InChI=1S/C26H20N8O2/c1-2-16-6-9-20-19(11-16)25-31-30-22(14-35-13-18-5-3-4-10-27-18)33(25)12-21-23(28-15-34(20)21)24-29-26(36-32-24)17-7-8-17/h1,3-6,9-11,15,17H,7-8,12-14H2. The van der Waals surface area contributed by atoms with Gasteiger partial charge in [0, 0.05) is 23.2 Å². The SMILES string of the molecule is C#Cc1ccc2c(c1)-c1nnc(COCc3ccccn3)n1Cc1c(-c3noc(C4CC4)n3)ncn1-2. The molecule has 5 aromatic rings. The van der Waals surface area contributed by atoms with Crippen molar-refractivity contribution in [1.82, 2.24) is 39.4 Å². The number of imidazole rings is 1. The number of hydrogen-bond donors (Lipinski definition) is 0. The average molecular weight is 477 g/mol. The molecule has 1 fully saturated rings. The van der Waals surface area contributed by atoms with Crippen LogP contribution >= 0.6 is 0 Å². The number of fused-ring (bicyclic) bond motifs is 5. The van der Waals surface area contributed by atoms with Crippen molar-refractivity contribution in [3.05, 3.63) is 77.6 Å². The summed E-state index contributed by atoms with van der Waals surface area (Å²) in [4.78, 5) is 13.6. The van der Waals surface area contributed by atoms with Gasteiger partial charge in [-0.05, 0) is 43.2 Å². The van der Waals surface area contributed by atoms with Gasteiger partial charge in [-0.15, -0.1) is 16.6 Å². The van der Waals surface area contributed by atoms with E-state index in [1.54, 1.807) is 12.5 Å². The van der Waals surface area contributed by atoms with Gasteiger partial charge in [0.15, 0.2) is 11.6 Å². The lowest BCUT2D eigenvalue weighted by Crippen LogP contribution is -2.10. The first-order valence-electron chi connectivity index (χ1n) is 11.7. The van der Waals surface area contributed by atoms with Crippen LogP contribution in [0.15, 0.2) is 53.4 Å². The van der Waals surface area contributed by atoms with Crippen molar-refractivity contribution in [2.24, 2.45) is 0 Å². The number of benzene rings is 1. The lowest BCUT2D eigenvalue weighted by molar-refractivity contribution is 0.0969. The highest BCUT2D eigenvalue weighted by atomic mass is 16.5. The van der Waals surface area contributed by atoms with Gasteiger partial charge in [0.25, 0.3) is 0 Å². The Hall–Kier alpha value is -4.62. The Morgan fingerprint density at radius 3 is 2.89 bits per heavy atom. The molecule has 4 aromatic heterocycles. The van der Waals surface area contributed by atoms with Gasteiger partial charge in [-0.3, -0.25) is 9.55 Å². The third-order valence-corrected chi connectivity index (χ3v) is 6.45. The summed E-state index contributed by atoms with van der Waals surface area (Å²) in [6, 6.07) is 11.6. The summed E-state index contributed by atoms with van der Waals surface area (Å²) in [5, 5.41) is 13.2. The van der Waals surface area contributed by atoms with E-state index in [0.29, 0.717) is 48.1 Å². The minimum atomic E-state index is 0.269. The normalized spacial score (nSPS) is 14.0. The lowest BCUT2D eigenvalue weighted by Gasteiger charge is -2.09. The molecule has 2 aliphatic rings. The van der Waals surface area contributed by atoms with E-state index in [1.165, 1.54) is 0 Å². The zero-order valence-electron chi connectivity index (χ0n) is 19.2. The topological polar surface area (TPSA) is 110 Å². The summed E-state index contributed by atoms with van der Waals surface area (Å²) in [7, 11) is 0. The van der Waals surface area contributed by atoms with E-state index in [2.05, 4.69) is 36.2 Å². The summed E-state index contributed by atoms with van der Waals surface area (Å²) in [6.07, 6.45) is 11.4. The van der Waals surface area contributed by atoms with Crippen LogP contribution in [0.5, 0.6) is 0 Å². The van der Waals surface area contributed by atoms with Crippen LogP contribution in [-0.2, 0) is 24.5 Å². The van der Waals surface area contributed by atoms with E-state index in [0.717, 1.165) is 41.0 Å². The second-order valence-corrected chi connectivity index (χ2v) is 8.86. The van der Waals surface area contributed by atoms with Gasteiger partial charge < -0.3 is 13.8 Å². The Bertz CT molecular complexity index is 1620. The Balaban J connectivity index is 1.30. The predicted octanol–water partition coefficient (Wildman–Crippen LogP) is 3.51. The van der Waals surface area contributed by atoms with E-state index >= 15 is 0 Å². The predicted molar refractivity (Wildman–Crippen MR) is 128 cm³/mol. The minimum Gasteiger partial charge on any atom is -0.367 e. The Labute approximate surface area is 206 Å².